The van der Waals surface area contributed by atoms with Gasteiger partial charge >= 0.3 is 0 Å². The Hall–Kier alpha value is -4.18. The summed E-state index contributed by atoms with van der Waals surface area (Å²) < 4.78 is 5.31. The van der Waals surface area contributed by atoms with Gasteiger partial charge in [-0.2, -0.15) is 0 Å². The highest BCUT2D eigenvalue weighted by molar-refractivity contribution is 8.15. The summed E-state index contributed by atoms with van der Waals surface area (Å²) in [5.41, 5.74) is 2.60. The SMILES string of the molecule is CC[C@@H](SC1=Nc2ccccc2C2=N[C@@H](CCC(=O)NCCc3ccccc3)C(=O)N12)C(=O)NCc1ccco1. The van der Waals surface area contributed by atoms with Crippen LogP contribution in [0.4, 0.5) is 5.69 Å². The third-order valence-electron chi connectivity index (χ3n) is 6.70. The number of aliphatic imine (C=N–C) groups is 2. The summed E-state index contributed by atoms with van der Waals surface area (Å²) in [6.07, 6.45) is 3.32. The summed E-state index contributed by atoms with van der Waals surface area (Å²) in [5, 5.41) is 5.78. The van der Waals surface area contributed by atoms with Gasteiger partial charge in [-0.25, -0.2) is 9.89 Å². The number of nitrogens with one attached hydrogen (secondary N) is 2. The molecule has 0 unspecified atom stereocenters. The Labute approximate surface area is 237 Å². The van der Waals surface area contributed by atoms with Crippen molar-refractivity contribution in [3.8, 4) is 0 Å². The van der Waals surface area contributed by atoms with Gasteiger partial charge in [0, 0.05) is 18.5 Å². The summed E-state index contributed by atoms with van der Waals surface area (Å²) in [5.74, 6) is 0.654. The molecule has 0 bridgehead atoms. The van der Waals surface area contributed by atoms with Gasteiger partial charge in [0.25, 0.3) is 5.91 Å². The zero-order chi connectivity index (χ0) is 27.9. The fourth-order valence-corrected chi connectivity index (χ4v) is 5.61. The van der Waals surface area contributed by atoms with Crippen molar-refractivity contribution in [2.24, 2.45) is 9.98 Å². The average molecular weight is 558 g/mol. The van der Waals surface area contributed by atoms with Gasteiger partial charge in [-0.3, -0.25) is 19.4 Å². The third-order valence-corrected chi connectivity index (χ3v) is 8.02. The van der Waals surface area contributed by atoms with Crippen molar-refractivity contribution in [1.82, 2.24) is 15.5 Å². The molecule has 1 aromatic heterocycles. The molecule has 2 aromatic carbocycles. The highest BCUT2D eigenvalue weighted by Crippen LogP contribution is 2.35. The van der Waals surface area contributed by atoms with E-state index in [1.165, 1.54) is 16.7 Å². The maximum atomic E-state index is 13.6. The Balaban J connectivity index is 1.24. The Morgan fingerprint density at radius 2 is 1.85 bits per heavy atom. The van der Waals surface area contributed by atoms with Crippen LogP contribution in [0.5, 0.6) is 0 Å². The van der Waals surface area contributed by atoms with Gasteiger partial charge in [0.15, 0.2) is 5.17 Å². The normalized spacial score (nSPS) is 16.5. The number of rotatable bonds is 11. The monoisotopic (exact) mass is 557 g/mol. The van der Waals surface area contributed by atoms with E-state index in [2.05, 4.69) is 10.6 Å². The van der Waals surface area contributed by atoms with E-state index in [4.69, 9.17) is 14.4 Å². The van der Waals surface area contributed by atoms with E-state index in [9.17, 15) is 14.4 Å². The minimum Gasteiger partial charge on any atom is -0.467 e. The summed E-state index contributed by atoms with van der Waals surface area (Å²) in [7, 11) is 0. The number of fused-ring (bicyclic) bond motifs is 3. The molecular formula is C30H31N5O4S. The number of furan rings is 1. The van der Waals surface area contributed by atoms with E-state index < -0.39 is 11.3 Å². The van der Waals surface area contributed by atoms with Gasteiger partial charge in [-0.15, -0.1) is 0 Å². The zero-order valence-corrected chi connectivity index (χ0v) is 23.0. The zero-order valence-electron chi connectivity index (χ0n) is 22.2. The van der Waals surface area contributed by atoms with E-state index in [1.807, 2.05) is 61.5 Å². The molecule has 0 saturated heterocycles. The van der Waals surface area contributed by atoms with E-state index >= 15 is 0 Å². The van der Waals surface area contributed by atoms with Crippen LogP contribution >= 0.6 is 11.8 Å². The predicted octanol–water partition coefficient (Wildman–Crippen LogP) is 4.21. The van der Waals surface area contributed by atoms with Crippen LogP contribution in [0.1, 0.15) is 43.1 Å². The number of carbonyl (C=O) groups is 3. The third kappa shape index (κ3) is 6.34. The van der Waals surface area contributed by atoms with E-state index in [0.29, 0.717) is 35.4 Å². The minimum atomic E-state index is -0.695. The molecule has 2 aliphatic rings. The summed E-state index contributed by atoms with van der Waals surface area (Å²) in [6.45, 7) is 2.73. The molecule has 0 saturated carbocycles. The number of thioether (sulfide) groups is 1. The van der Waals surface area contributed by atoms with Crippen molar-refractivity contribution in [3.63, 3.8) is 0 Å². The molecular weight excluding hydrogens is 526 g/mol. The first kappa shape index (κ1) is 27.4. The van der Waals surface area contributed by atoms with Crippen LogP contribution in [0.15, 0.2) is 87.4 Å². The Bertz CT molecular complexity index is 1420. The lowest BCUT2D eigenvalue weighted by atomic mass is 10.1. The predicted molar refractivity (Wildman–Crippen MR) is 155 cm³/mol. The van der Waals surface area contributed by atoms with E-state index in [1.54, 1.807) is 18.4 Å². The maximum absolute atomic E-state index is 13.6. The topological polar surface area (TPSA) is 116 Å². The molecule has 5 rings (SSSR count). The van der Waals surface area contributed by atoms with Crippen LogP contribution in [0, 0.1) is 0 Å². The smallest absolute Gasteiger partial charge is 0.259 e. The molecule has 0 fully saturated rings. The van der Waals surface area contributed by atoms with Crippen molar-refractivity contribution in [2.45, 2.75) is 50.4 Å². The van der Waals surface area contributed by atoms with Crippen LogP contribution in [0.25, 0.3) is 0 Å². The first-order chi connectivity index (χ1) is 19.5. The molecule has 0 spiro atoms. The highest BCUT2D eigenvalue weighted by atomic mass is 32.2. The second kappa shape index (κ2) is 12.8. The number of amidine groups is 2. The van der Waals surface area contributed by atoms with Crippen LogP contribution in [-0.4, -0.2) is 51.5 Å². The maximum Gasteiger partial charge on any atom is 0.259 e. The van der Waals surface area contributed by atoms with Gasteiger partial charge in [0.05, 0.1) is 23.7 Å². The highest BCUT2D eigenvalue weighted by Gasteiger charge is 2.42. The second-order valence-corrected chi connectivity index (χ2v) is 10.7. The van der Waals surface area contributed by atoms with Crippen molar-refractivity contribution < 1.29 is 18.8 Å². The second-order valence-electron chi connectivity index (χ2n) is 9.49. The van der Waals surface area contributed by atoms with Crippen LogP contribution in [0.3, 0.4) is 0 Å². The van der Waals surface area contributed by atoms with Crippen LogP contribution in [-0.2, 0) is 27.3 Å². The number of hydrogen-bond donors (Lipinski definition) is 2. The quantitative estimate of drug-likeness (QED) is 0.367. The van der Waals surface area contributed by atoms with Crippen molar-refractivity contribution in [3.05, 3.63) is 89.9 Å². The van der Waals surface area contributed by atoms with E-state index in [0.717, 1.165) is 17.5 Å². The first-order valence-corrected chi connectivity index (χ1v) is 14.3. The van der Waals surface area contributed by atoms with Crippen LogP contribution in [0.2, 0.25) is 0 Å². The molecule has 0 aliphatic carbocycles. The average Bonchev–Trinajstić information content (AvgIpc) is 3.62. The number of nitrogens with zero attached hydrogens (tertiary/aromatic N) is 3. The summed E-state index contributed by atoms with van der Waals surface area (Å²) in [4.78, 5) is 50.0. The molecule has 3 amide bonds. The molecule has 2 aliphatic heterocycles. The van der Waals surface area contributed by atoms with Crippen molar-refractivity contribution >= 4 is 46.2 Å². The van der Waals surface area contributed by atoms with Gasteiger partial charge in [-0.05, 0) is 49.1 Å². The molecule has 2 N–H and O–H groups in total. The fraction of sp³-hybridized carbons (Fsp3) is 0.300. The summed E-state index contributed by atoms with van der Waals surface area (Å²) >= 11 is 1.24. The van der Waals surface area contributed by atoms with E-state index in [-0.39, 0.29) is 37.1 Å². The Morgan fingerprint density at radius 3 is 2.62 bits per heavy atom. The Morgan fingerprint density at radius 1 is 1.05 bits per heavy atom. The molecule has 10 heteroatoms. The largest absolute Gasteiger partial charge is 0.467 e. The lowest BCUT2D eigenvalue weighted by Crippen LogP contribution is -2.43. The molecule has 206 valence electrons. The lowest BCUT2D eigenvalue weighted by molar-refractivity contribution is -0.125. The molecule has 0 radical (unpaired) electrons. The van der Waals surface area contributed by atoms with Gasteiger partial charge in [-0.1, -0.05) is 61.2 Å². The number of amides is 3. The molecule has 2 atom stereocenters. The van der Waals surface area contributed by atoms with Gasteiger partial charge < -0.3 is 15.1 Å². The lowest BCUT2D eigenvalue weighted by Gasteiger charge is -2.27. The van der Waals surface area contributed by atoms with Crippen molar-refractivity contribution in [2.75, 3.05) is 6.54 Å². The number of para-hydroxylation sites is 1. The number of hydrogen-bond acceptors (Lipinski definition) is 7. The fourth-order valence-electron chi connectivity index (χ4n) is 4.57. The van der Waals surface area contributed by atoms with Gasteiger partial charge in [0.1, 0.15) is 17.6 Å². The molecule has 9 nitrogen and oxygen atoms in total. The molecule has 3 heterocycles. The Kier molecular flexibility index (Phi) is 8.75. The van der Waals surface area contributed by atoms with Gasteiger partial charge in [0.2, 0.25) is 11.8 Å². The number of carbonyl (C=O) groups excluding carboxylic acids is 3. The van der Waals surface area contributed by atoms with Crippen LogP contribution < -0.4 is 10.6 Å². The first-order valence-electron chi connectivity index (χ1n) is 13.4. The number of benzene rings is 2. The van der Waals surface area contributed by atoms with Crippen molar-refractivity contribution in [1.29, 1.82) is 0 Å². The minimum absolute atomic E-state index is 0.114. The molecule has 3 aromatic rings. The standard InChI is InChI=1S/C30H31N5O4S/c1-2-25(28(37)32-19-21-11-8-18-39-21)40-30-34-23-13-7-6-12-22(23)27-33-24(29(38)35(27)30)14-15-26(36)31-17-16-20-9-4-3-5-10-20/h3-13,18,24-25H,2,14-17,19H2,1H3,(H,31,36)(H,32,37)/t24-,25+/m0/s1. The molecule has 40 heavy (non-hydrogen) atoms. The summed E-state index contributed by atoms with van der Waals surface area (Å²) in [6, 6.07) is 20.3.